The number of benzene rings is 1. The fraction of sp³-hybridized carbons (Fsp3) is 0.421. The number of carbonyl (C=O) groups excluding carboxylic acids is 2. The van der Waals surface area contributed by atoms with Gasteiger partial charge in [0.2, 0.25) is 11.8 Å². The van der Waals surface area contributed by atoms with Crippen molar-refractivity contribution in [1.82, 2.24) is 14.7 Å². The molecule has 1 fully saturated rings. The zero-order chi connectivity index (χ0) is 18.7. The fourth-order valence-electron chi connectivity index (χ4n) is 3.28. The summed E-state index contributed by atoms with van der Waals surface area (Å²) in [5.41, 5.74) is 1.69. The number of carbonyl (C=O) groups is 2. The van der Waals surface area contributed by atoms with E-state index in [0.717, 1.165) is 11.3 Å². The van der Waals surface area contributed by atoms with Crippen LogP contribution in [0.15, 0.2) is 36.7 Å². The Kier molecular flexibility index (Phi) is 5.25. The monoisotopic (exact) mass is 356 g/mol. The molecule has 2 amide bonds. The fourth-order valence-corrected chi connectivity index (χ4v) is 3.28. The summed E-state index contributed by atoms with van der Waals surface area (Å²) in [6, 6.07) is 7.44. The third kappa shape index (κ3) is 3.71. The molecule has 0 bridgehead atoms. The summed E-state index contributed by atoms with van der Waals surface area (Å²) in [5, 5.41) is 4.12. The molecule has 7 heteroatoms. The van der Waals surface area contributed by atoms with Crippen molar-refractivity contribution in [3.8, 4) is 5.75 Å². The molecule has 0 aliphatic carbocycles. The molecule has 7 nitrogen and oxygen atoms in total. The molecule has 1 aliphatic rings. The Bertz CT molecular complexity index is 802. The zero-order valence-electron chi connectivity index (χ0n) is 15.4. The van der Waals surface area contributed by atoms with E-state index in [1.165, 1.54) is 0 Å². The van der Waals surface area contributed by atoms with Crippen LogP contribution in [0.25, 0.3) is 0 Å². The van der Waals surface area contributed by atoms with E-state index in [1.54, 1.807) is 27.7 Å². The van der Waals surface area contributed by atoms with E-state index in [4.69, 9.17) is 4.74 Å². The van der Waals surface area contributed by atoms with E-state index >= 15 is 0 Å². The number of anilines is 1. The highest BCUT2D eigenvalue weighted by Gasteiger charge is 2.37. The topological polar surface area (TPSA) is 67.7 Å². The number of para-hydroxylation sites is 2. The first kappa shape index (κ1) is 18.0. The number of aryl methyl sites for hydroxylation is 1. The van der Waals surface area contributed by atoms with E-state index in [9.17, 15) is 9.59 Å². The average Bonchev–Trinajstić information content (AvgIpc) is 3.20. The number of ether oxygens (including phenoxy) is 1. The molecule has 2 heterocycles. The van der Waals surface area contributed by atoms with Gasteiger partial charge >= 0.3 is 0 Å². The molecule has 3 rings (SSSR count). The summed E-state index contributed by atoms with van der Waals surface area (Å²) in [6.07, 6.45) is 3.85. The minimum absolute atomic E-state index is 0.0291. The van der Waals surface area contributed by atoms with E-state index in [2.05, 4.69) is 5.10 Å². The van der Waals surface area contributed by atoms with Crippen LogP contribution in [-0.4, -0.2) is 46.7 Å². The molecule has 26 heavy (non-hydrogen) atoms. The zero-order valence-corrected chi connectivity index (χ0v) is 15.4. The molecule has 1 aromatic carbocycles. The second-order valence-corrected chi connectivity index (χ2v) is 6.52. The van der Waals surface area contributed by atoms with Gasteiger partial charge in [-0.15, -0.1) is 0 Å². The molecule has 0 N–H and O–H groups in total. The van der Waals surface area contributed by atoms with E-state index < -0.39 is 0 Å². The highest BCUT2D eigenvalue weighted by Crippen LogP contribution is 2.33. The van der Waals surface area contributed by atoms with E-state index in [-0.39, 0.29) is 24.2 Å². The molecular formula is C19H24N4O3. The number of rotatable bonds is 6. The predicted octanol–water partition coefficient (Wildman–Crippen LogP) is 1.83. The average molecular weight is 356 g/mol. The lowest BCUT2D eigenvalue weighted by Gasteiger charge is -2.22. The summed E-state index contributed by atoms with van der Waals surface area (Å²) < 4.78 is 7.33. The van der Waals surface area contributed by atoms with Crippen molar-refractivity contribution in [2.24, 2.45) is 13.0 Å². The first-order valence-electron chi connectivity index (χ1n) is 8.74. The van der Waals surface area contributed by atoms with Gasteiger partial charge in [-0.2, -0.15) is 5.10 Å². The molecule has 1 atom stereocenters. The molecule has 2 aromatic rings. The maximum absolute atomic E-state index is 12.8. The Balaban J connectivity index is 1.70. The van der Waals surface area contributed by atoms with Gasteiger partial charge in [-0.05, 0) is 19.1 Å². The maximum atomic E-state index is 12.8. The largest absolute Gasteiger partial charge is 0.492 e. The van der Waals surface area contributed by atoms with Crippen molar-refractivity contribution < 1.29 is 14.3 Å². The summed E-state index contributed by atoms with van der Waals surface area (Å²) in [6.45, 7) is 3.28. The summed E-state index contributed by atoms with van der Waals surface area (Å²) in [7, 11) is 3.60. The first-order valence-corrected chi connectivity index (χ1v) is 8.74. The van der Waals surface area contributed by atoms with Crippen molar-refractivity contribution in [2.45, 2.75) is 19.9 Å². The molecule has 0 saturated carbocycles. The van der Waals surface area contributed by atoms with Crippen LogP contribution in [0.1, 0.15) is 18.9 Å². The molecule has 0 radical (unpaired) electrons. The molecule has 1 aliphatic heterocycles. The predicted molar refractivity (Wildman–Crippen MR) is 97.8 cm³/mol. The van der Waals surface area contributed by atoms with Gasteiger partial charge in [0.1, 0.15) is 5.75 Å². The Labute approximate surface area is 153 Å². The van der Waals surface area contributed by atoms with Crippen molar-refractivity contribution in [2.75, 3.05) is 25.1 Å². The van der Waals surface area contributed by atoms with Gasteiger partial charge in [0.15, 0.2) is 0 Å². The lowest BCUT2D eigenvalue weighted by molar-refractivity contribution is -0.135. The smallest absolute Gasteiger partial charge is 0.228 e. The Morgan fingerprint density at radius 1 is 1.38 bits per heavy atom. The van der Waals surface area contributed by atoms with Gasteiger partial charge in [-0.1, -0.05) is 12.1 Å². The van der Waals surface area contributed by atoms with Crippen LogP contribution < -0.4 is 9.64 Å². The van der Waals surface area contributed by atoms with Crippen LogP contribution in [0.3, 0.4) is 0 Å². The van der Waals surface area contributed by atoms with Gasteiger partial charge in [-0.3, -0.25) is 14.3 Å². The third-order valence-electron chi connectivity index (χ3n) is 4.48. The Morgan fingerprint density at radius 3 is 2.85 bits per heavy atom. The number of amides is 2. The second kappa shape index (κ2) is 7.59. The van der Waals surface area contributed by atoms with Crippen molar-refractivity contribution in [1.29, 1.82) is 0 Å². The first-order chi connectivity index (χ1) is 12.5. The normalized spacial score (nSPS) is 16.8. The molecule has 138 valence electrons. The molecule has 1 aromatic heterocycles. The minimum atomic E-state index is -0.348. The number of hydrogen-bond acceptors (Lipinski definition) is 4. The van der Waals surface area contributed by atoms with Gasteiger partial charge in [0.05, 0.1) is 24.4 Å². The van der Waals surface area contributed by atoms with Gasteiger partial charge < -0.3 is 14.5 Å². The lowest BCUT2D eigenvalue weighted by Crippen LogP contribution is -2.34. The maximum Gasteiger partial charge on any atom is 0.228 e. The van der Waals surface area contributed by atoms with E-state index in [0.29, 0.717) is 25.4 Å². The van der Waals surface area contributed by atoms with Gasteiger partial charge in [0.25, 0.3) is 0 Å². The number of nitrogens with zero attached hydrogens (tertiary/aromatic N) is 4. The van der Waals surface area contributed by atoms with E-state index in [1.807, 2.05) is 44.4 Å². The highest BCUT2D eigenvalue weighted by molar-refractivity contribution is 6.01. The van der Waals surface area contributed by atoms with Gasteiger partial charge in [-0.25, -0.2) is 0 Å². The molecule has 1 unspecified atom stereocenters. The number of hydrogen-bond donors (Lipinski definition) is 0. The van der Waals surface area contributed by atoms with Crippen molar-refractivity contribution in [3.63, 3.8) is 0 Å². The summed E-state index contributed by atoms with van der Waals surface area (Å²) in [5.74, 6) is 0.239. The number of aromatic nitrogens is 2. The standard InChI is InChI=1S/C19H24N4O3/c1-4-26-17-8-6-5-7-16(17)23-13-15(9-18(23)24)19(25)21(2)11-14-10-20-22(3)12-14/h5-8,10,12,15H,4,9,11,13H2,1-3H3. The molecular weight excluding hydrogens is 332 g/mol. The van der Waals surface area contributed by atoms with Crippen LogP contribution in [-0.2, 0) is 23.2 Å². The van der Waals surface area contributed by atoms with Crippen LogP contribution in [0.4, 0.5) is 5.69 Å². The SMILES string of the molecule is CCOc1ccccc1N1CC(C(=O)N(C)Cc2cnn(C)c2)CC1=O. The van der Waals surface area contributed by atoms with Crippen molar-refractivity contribution in [3.05, 3.63) is 42.2 Å². The van der Waals surface area contributed by atoms with Crippen LogP contribution in [0.5, 0.6) is 5.75 Å². The Morgan fingerprint density at radius 2 is 2.15 bits per heavy atom. The van der Waals surface area contributed by atoms with Crippen LogP contribution in [0, 0.1) is 5.92 Å². The second-order valence-electron chi connectivity index (χ2n) is 6.52. The summed E-state index contributed by atoms with van der Waals surface area (Å²) >= 11 is 0. The van der Waals surface area contributed by atoms with Gasteiger partial charge in [0, 0.05) is 45.4 Å². The summed E-state index contributed by atoms with van der Waals surface area (Å²) in [4.78, 5) is 28.6. The van der Waals surface area contributed by atoms with Crippen LogP contribution >= 0.6 is 0 Å². The highest BCUT2D eigenvalue weighted by atomic mass is 16.5. The van der Waals surface area contributed by atoms with Crippen LogP contribution in [0.2, 0.25) is 0 Å². The molecule has 0 spiro atoms. The third-order valence-corrected chi connectivity index (χ3v) is 4.48. The minimum Gasteiger partial charge on any atom is -0.492 e. The Hall–Kier alpha value is -2.83. The lowest BCUT2D eigenvalue weighted by atomic mass is 10.1. The molecule has 1 saturated heterocycles. The van der Waals surface area contributed by atoms with Crippen molar-refractivity contribution >= 4 is 17.5 Å². The quantitative estimate of drug-likeness (QED) is 0.792.